The fourth-order valence-corrected chi connectivity index (χ4v) is 4.21. The van der Waals surface area contributed by atoms with E-state index in [1.807, 2.05) is 6.92 Å². The molecule has 0 unspecified atom stereocenters. The van der Waals surface area contributed by atoms with Crippen LogP contribution >= 0.6 is 0 Å². The van der Waals surface area contributed by atoms with E-state index in [-0.39, 0.29) is 29.4 Å². The number of aryl methyl sites for hydroxylation is 1. The third-order valence-electron chi connectivity index (χ3n) is 4.50. The molecule has 8 nitrogen and oxygen atoms in total. The van der Waals surface area contributed by atoms with Crippen molar-refractivity contribution in [3.05, 3.63) is 66.2 Å². The lowest BCUT2D eigenvalue weighted by atomic mass is 10.1. The lowest BCUT2D eigenvalue weighted by Gasteiger charge is -2.29. The normalized spacial score (nSPS) is 11.9. The summed E-state index contributed by atoms with van der Waals surface area (Å²) in [5.41, 5.74) is 1.58. The fourth-order valence-electron chi connectivity index (χ4n) is 3.04. The quantitative estimate of drug-likeness (QED) is 0.578. The molecule has 0 aliphatic carbocycles. The lowest BCUT2D eigenvalue weighted by Crippen LogP contribution is -2.45. The van der Waals surface area contributed by atoms with Crippen molar-refractivity contribution < 1.29 is 22.7 Å². The monoisotopic (exact) mass is 445 g/mol. The Hall–Kier alpha value is -3.33. The summed E-state index contributed by atoms with van der Waals surface area (Å²) in [4.78, 5) is 25.4. The molecular weight excluding hydrogens is 418 g/mol. The molecule has 2 rings (SSSR count). The Balaban J connectivity index is 2.40. The van der Waals surface area contributed by atoms with Crippen LogP contribution < -0.4 is 19.7 Å². The molecule has 1 atom stereocenters. The molecule has 0 radical (unpaired) electrons. The van der Waals surface area contributed by atoms with Gasteiger partial charge in [-0.2, -0.15) is 0 Å². The van der Waals surface area contributed by atoms with E-state index in [4.69, 9.17) is 4.74 Å². The van der Waals surface area contributed by atoms with Crippen LogP contribution in [0, 0.1) is 6.92 Å². The van der Waals surface area contributed by atoms with E-state index < -0.39 is 22.0 Å². The highest BCUT2D eigenvalue weighted by molar-refractivity contribution is 7.92. The SMILES string of the molecule is C=CCNC(=O)c1ccccc1NC(=O)[C@H](C)N(c1cc(C)ccc1OC)S(C)(=O)=O. The third kappa shape index (κ3) is 5.85. The molecule has 9 heteroatoms. The van der Waals surface area contributed by atoms with Gasteiger partial charge in [0.2, 0.25) is 15.9 Å². The molecule has 2 amide bonds. The van der Waals surface area contributed by atoms with Crippen molar-refractivity contribution >= 4 is 33.2 Å². The van der Waals surface area contributed by atoms with Gasteiger partial charge in [-0.3, -0.25) is 13.9 Å². The summed E-state index contributed by atoms with van der Waals surface area (Å²) in [6.45, 7) is 7.11. The number of ether oxygens (including phenoxy) is 1. The van der Waals surface area contributed by atoms with Gasteiger partial charge in [-0.25, -0.2) is 8.42 Å². The van der Waals surface area contributed by atoms with Crippen LogP contribution in [0.25, 0.3) is 0 Å². The van der Waals surface area contributed by atoms with Gasteiger partial charge in [0.15, 0.2) is 0 Å². The first kappa shape index (κ1) is 23.9. The number of hydrogen-bond acceptors (Lipinski definition) is 5. The van der Waals surface area contributed by atoms with E-state index in [2.05, 4.69) is 17.2 Å². The van der Waals surface area contributed by atoms with Crippen molar-refractivity contribution in [3.8, 4) is 5.75 Å². The predicted molar refractivity (Wildman–Crippen MR) is 122 cm³/mol. The predicted octanol–water partition coefficient (Wildman–Crippen LogP) is 2.71. The third-order valence-corrected chi connectivity index (χ3v) is 5.72. The zero-order valence-electron chi connectivity index (χ0n) is 18.0. The molecule has 0 aliphatic heterocycles. The second-order valence-electron chi connectivity index (χ2n) is 6.94. The van der Waals surface area contributed by atoms with Crippen LogP contribution in [0.3, 0.4) is 0 Å². The number of nitrogens with zero attached hydrogens (tertiary/aromatic N) is 1. The fraction of sp³-hybridized carbons (Fsp3) is 0.273. The standard InChI is InChI=1S/C22H27N3O5S/c1-6-13-23-22(27)17-9-7-8-10-18(17)24-21(26)16(3)25(31(5,28)29)19-14-15(2)11-12-20(19)30-4/h6-12,14,16H,1,13H2,2-5H3,(H,23,27)(H,24,26)/t16-/m0/s1. The Morgan fingerprint density at radius 1 is 1.23 bits per heavy atom. The van der Waals surface area contributed by atoms with E-state index >= 15 is 0 Å². The van der Waals surface area contributed by atoms with E-state index in [9.17, 15) is 18.0 Å². The van der Waals surface area contributed by atoms with E-state index in [0.29, 0.717) is 5.75 Å². The van der Waals surface area contributed by atoms with Gasteiger partial charge < -0.3 is 15.4 Å². The topological polar surface area (TPSA) is 105 Å². The van der Waals surface area contributed by atoms with Crippen molar-refractivity contribution in [3.63, 3.8) is 0 Å². The number of sulfonamides is 1. The number of carbonyl (C=O) groups excluding carboxylic acids is 2. The van der Waals surface area contributed by atoms with Crippen LogP contribution in [0.4, 0.5) is 11.4 Å². The summed E-state index contributed by atoms with van der Waals surface area (Å²) in [7, 11) is -2.41. The van der Waals surface area contributed by atoms with Crippen molar-refractivity contribution in [1.82, 2.24) is 5.32 Å². The molecule has 2 aromatic carbocycles. The van der Waals surface area contributed by atoms with E-state index in [1.54, 1.807) is 48.5 Å². The van der Waals surface area contributed by atoms with Crippen LogP contribution in [0.15, 0.2) is 55.1 Å². The van der Waals surface area contributed by atoms with Gasteiger partial charge in [0.25, 0.3) is 5.91 Å². The molecule has 2 aromatic rings. The minimum atomic E-state index is -3.84. The Bertz CT molecular complexity index is 1080. The summed E-state index contributed by atoms with van der Waals surface area (Å²) in [6.07, 6.45) is 2.57. The highest BCUT2D eigenvalue weighted by Crippen LogP contribution is 2.33. The van der Waals surface area contributed by atoms with E-state index in [0.717, 1.165) is 16.1 Å². The van der Waals surface area contributed by atoms with Crippen molar-refractivity contribution in [2.75, 3.05) is 29.5 Å². The molecule has 0 heterocycles. The number of benzene rings is 2. The molecular formula is C22H27N3O5S. The van der Waals surface area contributed by atoms with Gasteiger partial charge in [0.05, 0.1) is 30.3 Å². The highest BCUT2D eigenvalue weighted by atomic mass is 32.2. The average molecular weight is 446 g/mol. The second-order valence-corrected chi connectivity index (χ2v) is 8.80. The van der Waals surface area contributed by atoms with Crippen molar-refractivity contribution in [1.29, 1.82) is 0 Å². The minimum absolute atomic E-state index is 0.254. The summed E-state index contributed by atoms with van der Waals surface area (Å²) >= 11 is 0. The van der Waals surface area contributed by atoms with Gasteiger partial charge in [0, 0.05) is 6.54 Å². The smallest absolute Gasteiger partial charge is 0.253 e. The maximum atomic E-state index is 13.0. The summed E-state index contributed by atoms with van der Waals surface area (Å²) in [6, 6.07) is 10.4. The highest BCUT2D eigenvalue weighted by Gasteiger charge is 2.32. The number of amides is 2. The van der Waals surface area contributed by atoms with Crippen LogP contribution in [0.2, 0.25) is 0 Å². The number of nitrogens with one attached hydrogen (secondary N) is 2. The maximum Gasteiger partial charge on any atom is 0.253 e. The first-order chi connectivity index (χ1) is 14.6. The first-order valence-electron chi connectivity index (χ1n) is 9.53. The molecule has 0 bridgehead atoms. The summed E-state index contributed by atoms with van der Waals surface area (Å²) < 4.78 is 31.6. The Labute approximate surface area is 183 Å². The first-order valence-corrected chi connectivity index (χ1v) is 11.4. The van der Waals surface area contributed by atoms with Gasteiger partial charge in [0.1, 0.15) is 11.8 Å². The number of rotatable bonds is 9. The summed E-state index contributed by atoms with van der Waals surface area (Å²) in [5, 5.41) is 5.32. The van der Waals surface area contributed by atoms with Gasteiger partial charge in [-0.1, -0.05) is 24.3 Å². The average Bonchev–Trinajstić information content (AvgIpc) is 2.71. The van der Waals surface area contributed by atoms with Crippen LogP contribution in [-0.4, -0.2) is 46.2 Å². The molecule has 31 heavy (non-hydrogen) atoms. The van der Waals surface area contributed by atoms with Crippen LogP contribution in [-0.2, 0) is 14.8 Å². The number of hydrogen-bond donors (Lipinski definition) is 2. The van der Waals surface area contributed by atoms with Crippen LogP contribution in [0.5, 0.6) is 5.75 Å². The molecule has 166 valence electrons. The summed E-state index contributed by atoms with van der Waals surface area (Å²) in [5.74, 6) is -0.665. The lowest BCUT2D eigenvalue weighted by molar-refractivity contribution is -0.116. The van der Waals surface area contributed by atoms with Crippen molar-refractivity contribution in [2.24, 2.45) is 0 Å². The number of carbonyl (C=O) groups is 2. The zero-order valence-corrected chi connectivity index (χ0v) is 18.8. The van der Waals surface area contributed by atoms with Gasteiger partial charge in [-0.05, 0) is 43.7 Å². The Morgan fingerprint density at radius 3 is 2.52 bits per heavy atom. The number of methoxy groups -OCH3 is 1. The largest absolute Gasteiger partial charge is 0.495 e. The maximum absolute atomic E-state index is 13.0. The number of para-hydroxylation sites is 1. The Kier molecular flexibility index (Phi) is 7.82. The van der Waals surface area contributed by atoms with Crippen LogP contribution in [0.1, 0.15) is 22.8 Å². The van der Waals surface area contributed by atoms with Gasteiger partial charge >= 0.3 is 0 Å². The molecule has 0 spiro atoms. The second kappa shape index (κ2) is 10.1. The van der Waals surface area contributed by atoms with Crippen molar-refractivity contribution in [2.45, 2.75) is 19.9 Å². The molecule has 0 saturated heterocycles. The molecule has 0 aliphatic rings. The molecule has 0 aromatic heterocycles. The van der Waals surface area contributed by atoms with E-state index in [1.165, 1.54) is 14.0 Å². The molecule has 0 saturated carbocycles. The molecule has 0 fully saturated rings. The number of anilines is 2. The minimum Gasteiger partial charge on any atom is -0.495 e. The van der Waals surface area contributed by atoms with Gasteiger partial charge in [-0.15, -0.1) is 6.58 Å². The Morgan fingerprint density at radius 2 is 1.90 bits per heavy atom. The zero-order chi connectivity index (χ0) is 23.2. The molecule has 2 N–H and O–H groups in total.